The van der Waals surface area contributed by atoms with Gasteiger partial charge in [-0.25, -0.2) is 19.3 Å². The van der Waals surface area contributed by atoms with Crippen molar-refractivity contribution in [1.29, 1.82) is 0 Å². The molecule has 2 saturated heterocycles. The van der Waals surface area contributed by atoms with Crippen LogP contribution in [-0.2, 0) is 14.8 Å². The van der Waals surface area contributed by atoms with E-state index in [9.17, 15) is 13.2 Å². The largest absolute Gasteiger partial charge is 0.497 e. The standard InChI is InChI=1S/C23H30N4O4S/c1-16-4-9-22(17(2)14-16)32(29,30)27-12-10-26(11-13-27)23(28)21-15-20(24-25-21)18-5-7-19(31-3)8-6-18/h4-9,14,20-21,24-25H,10-13,15H2,1-3H3. The van der Waals surface area contributed by atoms with Crippen LogP contribution in [0.5, 0.6) is 5.75 Å². The van der Waals surface area contributed by atoms with Crippen molar-refractivity contribution in [2.75, 3.05) is 33.3 Å². The van der Waals surface area contributed by atoms with Gasteiger partial charge in [-0.15, -0.1) is 0 Å². The van der Waals surface area contributed by atoms with Gasteiger partial charge < -0.3 is 9.64 Å². The lowest BCUT2D eigenvalue weighted by molar-refractivity contribution is -0.134. The van der Waals surface area contributed by atoms with Crippen LogP contribution in [0.3, 0.4) is 0 Å². The van der Waals surface area contributed by atoms with Gasteiger partial charge in [-0.3, -0.25) is 4.79 Å². The number of sulfonamides is 1. The quantitative estimate of drug-likeness (QED) is 0.710. The van der Waals surface area contributed by atoms with Crippen molar-refractivity contribution in [1.82, 2.24) is 20.1 Å². The molecule has 4 rings (SSSR count). The lowest BCUT2D eigenvalue weighted by Crippen LogP contribution is -2.54. The average Bonchev–Trinajstić information content (AvgIpc) is 3.29. The van der Waals surface area contributed by atoms with Crippen LogP contribution in [0.1, 0.15) is 29.2 Å². The maximum atomic E-state index is 13.1. The summed E-state index contributed by atoms with van der Waals surface area (Å²) < 4.78 is 32.9. The molecule has 9 heteroatoms. The fourth-order valence-electron chi connectivity index (χ4n) is 4.37. The van der Waals surface area contributed by atoms with Crippen LogP contribution < -0.4 is 15.6 Å². The molecular formula is C23H30N4O4S. The summed E-state index contributed by atoms with van der Waals surface area (Å²) in [4.78, 5) is 15.1. The number of hydrazine groups is 1. The maximum absolute atomic E-state index is 13.1. The first kappa shape index (κ1) is 22.7. The Balaban J connectivity index is 1.35. The SMILES string of the molecule is COc1ccc(C2CC(C(=O)N3CCN(S(=O)(=O)c4ccc(C)cc4C)CC3)NN2)cc1. The van der Waals surface area contributed by atoms with Gasteiger partial charge in [0.15, 0.2) is 0 Å². The number of benzene rings is 2. The first-order valence-electron chi connectivity index (χ1n) is 10.8. The highest BCUT2D eigenvalue weighted by Crippen LogP contribution is 2.26. The second-order valence-electron chi connectivity index (χ2n) is 8.40. The zero-order valence-corrected chi connectivity index (χ0v) is 19.5. The molecule has 2 N–H and O–H groups in total. The summed E-state index contributed by atoms with van der Waals surface area (Å²) in [6.45, 7) is 5.12. The number of rotatable bonds is 5. The maximum Gasteiger partial charge on any atom is 0.243 e. The third-order valence-corrected chi connectivity index (χ3v) is 8.28. The molecule has 8 nitrogen and oxygen atoms in total. The topological polar surface area (TPSA) is 91.0 Å². The second kappa shape index (κ2) is 9.19. The van der Waals surface area contributed by atoms with E-state index in [4.69, 9.17) is 4.74 Å². The number of hydrogen-bond donors (Lipinski definition) is 2. The van der Waals surface area contributed by atoms with E-state index in [1.54, 1.807) is 18.1 Å². The monoisotopic (exact) mass is 458 g/mol. The number of carbonyl (C=O) groups excluding carboxylic acids is 1. The van der Waals surface area contributed by atoms with E-state index in [-0.39, 0.29) is 18.0 Å². The highest BCUT2D eigenvalue weighted by molar-refractivity contribution is 7.89. The second-order valence-corrected chi connectivity index (χ2v) is 10.3. The number of carbonyl (C=O) groups is 1. The van der Waals surface area contributed by atoms with Gasteiger partial charge in [0.25, 0.3) is 0 Å². The van der Waals surface area contributed by atoms with Crippen molar-refractivity contribution in [2.24, 2.45) is 0 Å². The lowest BCUT2D eigenvalue weighted by atomic mass is 10.0. The van der Waals surface area contributed by atoms with Crippen LogP contribution in [0.25, 0.3) is 0 Å². The van der Waals surface area contributed by atoms with E-state index in [1.165, 1.54) is 4.31 Å². The van der Waals surface area contributed by atoms with E-state index in [2.05, 4.69) is 10.9 Å². The van der Waals surface area contributed by atoms with E-state index in [0.29, 0.717) is 37.5 Å². The average molecular weight is 459 g/mol. The molecule has 0 spiro atoms. The van der Waals surface area contributed by atoms with Crippen molar-refractivity contribution in [3.8, 4) is 5.75 Å². The smallest absolute Gasteiger partial charge is 0.243 e. The number of nitrogens with zero attached hydrogens (tertiary/aromatic N) is 2. The van der Waals surface area contributed by atoms with Crippen molar-refractivity contribution in [3.05, 3.63) is 59.2 Å². The van der Waals surface area contributed by atoms with Crippen molar-refractivity contribution in [2.45, 2.75) is 37.2 Å². The van der Waals surface area contributed by atoms with Crippen molar-refractivity contribution >= 4 is 15.9 Å². The molecule has 0 saturated carbocycles. The Bertz CT molecular complexity index is 1080. The minimum atomic E-state index is -3.57. The molecule has 2 aromatic carbocycles. The number of amides is 1. The number of ether oxygens (including phenoxy) is 1. The van der Waals surface area contributed by atoms with Crippen LogP contribution in [-0.4, -0.2) is 62.9 Å². The first-order valence-corrected chi connectivity index (χ1v) is 12.2. The number of methoxy groups -OCH3 is 1. The van der Waals surface area contributed by atoms with E-state index in [1.807, 2.05) is 50.2 Å². The lowest BCUT2D eigenvalue weighted by Gasteiger charge is -2.35. The number of hydrogen-bond acceptors (Lipinski definition) is 6. The van der Waals surface area contributed by atoms with E-state index >= 15 is 0 Å². The van der Waals surface area contributed by atoms with Gasteiger partial charge in [-0.1, -0.05) is 29.8 Å². The molecule has 2 atom stereocenters. The molecular weight excluding hydrogens is 428 g/mol. The summed E-state index contributed by atoms with van der Waals surface area (Å²) >= 11 is 0. The highest BCUT2D eigenvalue weighted by Gasteiger charge is 2.36. The van der Waals surface area contributed by atoms with Crippen LogP contribution >= 0.6 is 0 Å². The predicted molar refractivity (Wildman–Crippen MR) is 122 cm³/mol. The van der Waals surface area contributed by atoms with Crippen LogP contribution in [0.4, 0.5) is 0 Å². The summed E-state index contributed by atoms with van der Waals surface area (Å²) in [5, 5.41) is 0. The predicted octanol–water partition coefficient (Wildman–Crippen LogP) is 1.75. The Morgan fingerprint density at radius 1 is 1.00 bits per heavy atom. The summed E-state index contributed by atoms with van der Waals surface area (Å²) in [6.07, 6.45) is 0.631. The molecule has 2 aromatic rings. The van der Waals surface area contributed by atoms with Gasteiger partial charge in [-0.05, 0) is 49.6 Å². The number of aryl methyl sites for hydroxylation is 2. The molecule has 2 unspecified atom stereocenters. The molecule has 0 aliphatic carbocycles. The minimum absolute atomic E-state index is 0.00271. The Labute approximate surface area is 189 Å². The van der Waals surface area contributed by atoms with Crippen molar-refractivity contribution in [3.63, 3.8) is 0 Å². The van der Waals surface area contributed by atoms with Crippen LogP contribution in [0.2, 0.25) is 0 Å². The Hall–Kier alpha value is -2.46. The van der Waals surface area contributed by atoms with Crippen molar-refractivity contribution < 1.29 is 17.9 Å². The van der Waals surface area contributed by atoms with E-state index in [0.717, 1.165) is 22.4 Å². The zero-order chi connectivity index (χ0) is 22.9. The van der Waals surface area contributed by atoms with Gasteiger partial charge in [0.1, 0.15) is 11.8 Å². The molecule has 2 aliphatic heterocycles. The van der Waals surface area contributed by atoms with E-state index < -0.39 is 10.0 Å². The highest BCUT2D eigenvalue weighted by atomic mass is 32.2. The summed E-state index contributed by atoms with van der Waals surface area (Å²) in [5.41, 5.74) is 9.16. The van der Waals surface area contributed by atoms with Gasteiger partial charge in [0.05, 0.1) is 12.0 Å². The number of nitrogens with one attached hydrogen (secondary N) is 2. The molecule has 0 bridgehead atoms. The molecule has 32 heavy (non-hydrogen) atoms. The summed E-state index contributed by atoms with van der Waals surface area (Å²) in [7, 11) is -1.94. The fraction of sp³-hybridized carbons (Fsp3) is 0.435. The van der Waals surface area contributed by atoms with Crippen LogP contribution in [0.15, 0.2) is 47.4 Å². The van der Waals surface area contributed by atoms with Gasteiger partial charge in [0, 0.05) is 32.2 Å². The van der Waals surface area contributed by atoms with Gasteiger partial charge in [-0.2, -0.15) is 4.31 Å². The molecule has 2 aliphatic rings. The van der Waals surface area contributed by atoms with Gasteiger partial charge in [0.2, 0.25) is 15.9 Å². The Kier molecular flexibility index (Phi) is 6.52. The Morgan fingerprint density at radius 2 is 1.69 bits per heavy atom. The summed E-state index contributed by atoms with van der Waals surface area (Å²) in [5.74, 6) is 0.790. The zero-order valence-electron chi connectivity index (χ0n) is 18.7. The fourth-order valence-corrected chi connectivity index (χ4v) is 6.00. The summed E-state index contributed by atoms with van der Waals surface area (Å²) in [6, 6.07) is 12.8. The third kappa shape index (κ3) is 4.52. The molecule has 0 aromatic heterocycles. The molecule has 2 fully saturated rings. The molecule has 172 valence electrons. The first-order chi connectivity index (χ1) is 15.3. The van der Waals surface area contributed by atoms with Crippen LogP contribution in [0, 0.1) is 13.8 Å². The number of piperazine rings is 1. The third-order valence-electron chi connectivity index (χ3n) is 6.22. The Morgan fingerprint density at radius 3 is 2.31 bits per heavy atom. The minimum Gasteiger partial charge on any atom is -0.497 e. The molecule has 1 amide bonds. The normalized spacial score (nSPS) is 22.2. The molecule has 2 heterocycles. The van der Waals surface area contributed by atoms with Gasteiger partial charge >= 0.3 is 0 Å². The molecule has 0 radical (unpaired) electrons.